The predicted octanol–water partition coefficient (Wildman–Crippen LogP) is 4.27. The molecule has 0 amide bonds. The molecule has 0 aliphatic carbocycles. The number of ketones is 1. The Morgan fingerprint density at radius 2 is 1.56 bits per heavy atom. The van der Waals surface area contributed by atoms with Gasteiger partial charge in [0.25, 0.3) is 5.56 Å². The Balaban J connectivity index is 2.04. The number of nitrogens with one attached hydrogen (secondary N) is 2. The van der Waals surface area contributed by atoms with Crippen LogP contribution in [0.4, 0.5) is 0 Å². The Bertz CT molecular complexity index is 1170. The van der Waals surface area contributed by atoms with Crippen LogP contribution in [0.25, 0.3) is 22.2 Å². The topological polar surface area (TPSA) is 78.6 Å². The van der Waals surface area contributed by atoms with Crippen LogP contribution in [-0.2, 0) is 0 Å². The summed E-state index contributed by atoms with van der Waals surface area (Å²) >= 11 is 0. The maximum absolute atomic E-state index is 13.2. The van der Waals surface area contributed by atoms with Crippen molar-refractivity contribution in [3.05, 3.63) is 88.1 Å². The van der Waals surface area contributed by atoms with Crippen molar-refractivity contribution in [2.45, 2.75) is 19.8 Å². The molecule has 4 aromatic rings. The van der Waals surface area contributed by atoms with E-state index in [4.69, 9.17) is 0 Å². The average molecular weight is 357 g/mol. The van der Waals surface area contributed by atoms with Gasteiger partial charge in [-0.3, -0.25) is 9.59 Å². The van der Waals surface area contributed by atoms with Crippen molar-refractivity contribution in [3.8, 4) is 11.1 Å². The Hall–Kier alpha value is -3.47. The summed E-state index contributed by atoms with van der Waals surface area (Å²) in [4.78, 5) is 36.5. The molecular formula is C22H19N3O2. The van der Waals surface area contributed by atoms with Gasteiger partial charge in [0.1, 0.15) is 11.5 Å². The molecule has 134 valence electrons. The summed E-state index contributed by atoms with van der Waals surface area (Å²) in [6.07, 6.45) is 0. The zero-order valence-electron chi connectivity index (χ0n) is 15.1. The van der Waals surface area contributed by atoms with Crippen molar-refractivity contribution >= 4 is 16.8 Å². The van der Waals surface area contributed by atoms with Crippen LogP contribution < -0.4 is 5.56 Å². The Morgan fingerprint density at radius 1 is 0.926 bits per heavy atom. The van der Waals surface area contributed by atoms with Crippen LogP contribution in [0.15, 0.2) is 65.5 Å². The highest BCUT2D eigenvalue weighted by Crippen LogP contribution is 2.31. The van der Waals surface area contributed by atoms with E-state index in [2.05, 4.69) is 15.0 Å². The number of hydrogen-bond acceptors (Lipinski definition) is 3. The second-order valence-corrected chi connectivity index (χ2v) is 6.77. The molecule has 0 unspecified atom stereocenters. The average Bonchev–Trinajstić information content (AvgIpc) is 3.09. The fourth-order valence-corrected chi connectivity index (χ4v) is 3.20. The van der Waals surface area contributed by atoms with E-state index in [1.807, 2.05) is 62.4 Å². The van der Waals surface area contributed by atoms with Crippen molar-refractivity contribution in [2.24, 2.45) is 0 Å². The van der Waals surface area contributed by atoms with Crippen LogP contribution in [0.1, 0.15) is 41.6 Å². The Kier molecular flexibility index (Phi) is 4.20. The molecule has 5 nitrogen and oxygen atoms in total. The highest BCUT2D eigenvalue weighted by Gasteiger charge is 2.23. The minimum Gasteiger partial charge on any atom is -0.337 e. The lowest BCUT2D eigenvalue weighted by Crippen LogP contribution is -2.12. The molecule has 4 rings (SSSR count). The third-order valence-electron chi connectivity index (χ3n) is 4.56. The van der Waals surface area contributed by atoms with Gasteiger partial charge in [0.05, 0.1) is 11.1 Å². The molecule has 0 saturated heterocycles. The first-order chi connectivity index (χ1) is 13.1. The zero-order valence-corrected chi connectivity index (χ0v) is 15.1. The summed E-state index contributed by atoms with van der Waals surface area (Å²) in [6, 6.07) is 18.5. The highest BCUT2D eigenvalue weighted by atomic mass is 16.1. The number of aromatic amines is 2. The second-order valence-electron chi connectivity index (χ2n) is 6.77. The molecule has 2 aromatic carbocycles. The molecule has 0 aliphatic heterocycles. The number of benzene rings is 2. The van der Waals surface area contributed by atoms with E-state index in [-0.39, 0.29) is 17.3 Å². The fourth-order valence-electron chi connectivity index (χ4n) is 3.20. The first-order valence-electron chi connectivity index (χ1n) is 8.87. The molecule has 0 fully saturated rings. The van der Waals surface area contributed by atoms with Crippen molar-refractivity contribution < 1.29 is 4.79 Å². The van der Waals surface area contributed by atoms with Gasteiger partial charge in [0, 0.05) is 17.0 Å². The van der Waals surface area contributed by atoms with Crippen LogP contribution in [0.5, 0.6) is 0 Å². The second kappa shape index (κ2) is 6.68. The summed E-state index contributed by atoms with van der Waals surface area (Å²) in [5.74, 6) is 0.496. The predicted molar refractivity (Wildman–Crippen MR) is 106 cm³/mol. The van der Waals surface area contributed by atoms with E-state index in [1.54, 1.807) is 12.1 Å². The number of fused-ring (bicyclic) bond motifs is 1. The molecule has 2 heterocycles. The maximum Gasteiger partial charge on any atom is 0.283 e. The van der Waals surface area contributed by atoms with Crippen molar-refractivity contribution in [1.82, 2.24) is 15.0 Å². The molecule has 0 radical (unpaired) electrons. The van der Waals surface area contributed by atoms with E-state index in [1.165, 1.54) is 0 Å². The molecule has 27 heavy (non-hydrogen) atoms. The summed E-state index contributed by atoms with van der Waals surface area (Å²) < 4.78 is 0. The Morgan fingerprint density at radius 3 is 2.19 bits per heavy atom. The van der Waals surface area contributed by atoms with Crippen molar-refractivity contribution in [1.29, 1.82) is 0 Å². The molecule has 2 aromatic heterocycles. The van der Waals surface area contributed by atoms with Gasteiger partial charge in [0.15, 0.2) is 0 Å². The SMILES string of the molecule is CC(C)c1nc(=O)c2c(-c3ccccc3)c(C(=O)c3ccccc3)[nH]c2[nH]1. The fraction of sp³-hybridized carbons (Fsp3) is 0.136. The first kappa shape index (κ1) is 17.0. The Labute approximate surface area is 156 Å². The molecular weight excluding hydrogens is 338 g/mol. The molecule has 0 bridgehead atoms. The minimum atomic E-state index is -0.338. The molecule has 0 saturated carbocycles. The first-order valence-corrected chi connectivity index (χ1v) is 8.87. The number of hydrogen-bond donors (Lipinski definition) is 2. The van der Waals surface area contributed by atoms with E-state index < -0.39 is 0 Å². The third-order valence-corrected chi connectivity index (χ3v) is 4.56. The third kappa shape index (κ3) is 2.97. The van der Waals surface area contributed by atoms with Gasteiger partial charge in [-0.05, 0) is 5.56 Å². The van der Waals surface area contributed by atoms with Gasteiger partial charge in [0.2, 0.25) is 5.78 Å². The quantitative estimate of drug-likeness (QED) is 0.535. The van der Waals surface area contributed by atoms with E-state index in [0.29, 0.717) is 33.7 Å². The lowest BCUT2D eigenvalue weighted by atomic mass is 9.98. The number of carbonyl (C=O) groups excluding carboxylic acids is 1. The van der Waals surface area contributed by atoms with Gasteiger partial charge in [-0.25, -0.2) is 0 Å². The normalized spacial score (nSPS) is 11.2. The standard InChI is InChI=1S/C22H19N3O2/c1-13(2)20-24-21-17(22(27)25-20)16(14-9-5-3-6-10-14)18(23-21)19(26)15-11-7-4-8-12-15/h3-13H,1-2H3,(H2,23,24,25,27). The number of rotatable bonds is 4. The van der Waals surface area contributed by atoms with E-state index in [0.717, 1.165) is 5.56 Å². The largest absolute Gasteiger partial charge is 0.337 e. The van der Waals surface area contributed by atoms with Gasteiger partial charge in [-0.2, -0.15) is 4.98 Å². The number of H-pyrrole nitrogens is 2. The van der Waals surface area contributed by atoms with Gasteiger partial charge < -0.3 is 9.97 Å². The summed E-state index contributed by atoms with van der Waals surface area (Å²) in [7, 11) is 0. The molecule has 0 spiro atoms. The van der Waals surface area contributed by atoms with E-state index in [9.17, 15) is 9.59 Å². The molecule has 5 heteroatoms. The smallest absolute Gasteiger partial charge is 0.283 e. The van der Waals surface area contributed by atoms with E-state index >= 15 is 0 Å². The number of carbonyl (C=O) groups is 1. The molecule has 2 N–H and O–H groups in total. The maximum atomic E-state index is 13.2. The summed E-state index contributed by atoms with van der Waals surface area (Å²) in [6.45, 7) is 3.92. The minimum absolute atomic E-state index is 0.0684. The van der Waals surface area contributed by atoms with Crippen LogP contribution in [-0.4, -0.2) is 20.7 Å². The summed E-state index contributed by atoms with van der Waals surface area (Å²) in [5, 5.41) is 0.407. The van der Waals surface area contributed by atoms with Gasteiger partial charge >= 0.3 is 0 Å². The van der Waals surface area contributed by atoms with Crippen molar-refractivity contribution in [2.75, 3.05) is 0 Å². The van der Waals surface area contributed by atoms with Crippen molar-refractivity contribution in [3.63, 3.8) is 0 Å². The zero-order chi connectivity index (χ0) is 19.0. The lowest BCUT2D eigenvalue weighted by Gasteiger charge is -2.05. The number of aromatic nitrogens is 3. The van der Waals surface area contributed by atoms with Crippen LogP contribution in [0, 0.1) is 0 Å². The summed E-state index contributed by atoms with van der Waals surface area (Å²) in [5.41, 5.74) is 2.52. The highest BCUT2D eigenvalue weighted by molar-refractivity contribution is 6.16. The molecule has 0 aliphatic rings. The van der Waals surface area contributed by atoms with Crippen LogP contribution in [0.3, 0.4) is 0 Å². The van der Waals surface area contributed by atoms with Crippen LogP contribution >= 0.6 is 0 Å². The van der Waals surface area contributed by atoms with Gasteiger partial charge in [-0.1, -0.05) is 74.5 Å². The molecule has 0 atom stereocenters. The van der Waals surface area contributed by atoms with Gasteiger partial charge in [-0.15, -0.1) is 0 Å². The number of nitrogens with zero attached hydrogens (tertiary/aromatic N) is 1. The lowest BCUT2D eigenvalue weighted by molar-refractivity contribution is 0.103. The van der Waals surface area contributed by atoms with Crippen LogP contribution in [0.2, 0.25) is 0 Å². The monoisotopic (exact) mass is 357 g/mol.